The van der Waals surface area contributed by atoms with Gasteiger partial charge in [-0.3, -0.25) is 0 Å². The van der Waals surface area contributed by atoms with Crippen molar-refractivity contribution in [1.82, 2.24) is 10.2 Å². The smallest absolute Gasteiger partial charge is 0.407 e. The van der Waals surface area contributed by atoms with Gasteiger partial charge in [-0.25, -0.2) is 9.59 Å². The monoisotopic (exact) mass is 394 g/mol. The number of piperidine rings is 1. The minimum absolute atomic E-state index is 0.0430. The van der Waals surface area contributed by atoms with Gasteiger partial charge < -0.3 is 20.1 Å². The molecule has 0 aromatic heterocycles. The molecule has 152 valence electrons. The summed E-state index contributed by atoms with van der Waals surface area (Å²) in [4.78, 5) is 26.1. The Morgan fingerprint density at radius 2 is 1.59 bits per heavy atom. The van der Waals surface area contributed by atoms with E-state index < -0.39 is 18.1 Å². The third-order valence-corrected chi connectivity index (χ3v) is 5.82. The first-order valence-electron chi connectivity index (χ1n) is 10.2. The van der Waals surface area contributed by atoms with Gasteiger partial charge in [0.05, 0.1) is 0 Å². The number of carbonyl (C=O) groups excluding carboxylic acids is 1. The Morgan fingerprint density at radius 3 is 2.17 bits per heavy atom. The number of carboxylic acids is 1. The molecule has 0 radical (unpaired) electrons. The van der Waals surface area contributed by atoms with E-state index in [0.29, 0.717) is 6.54 Å². The summed E-state index contributed by atoms with van der Waals surface area (Å²) in [6.07, 6.45) is 2.62. The maximum Gasteiger partial charge on any atom is 0.407 e. The average molecular weight is 394 g/mol. The fraction of sp³-hybridized carbons (Fsp3) is 0.391. The molecular formula is C23H26N2O4. The van der Waals surface area contributed by atoms with Crippen LogP contribution in [0.4, 0.5) is 4.79 Å². The Balaban J connectivity index is 1.39. The number of nitrogens with one attached hydrogen (secondary N) is 1. The predicted octanol–water partition coefficient (Wildman–Crippen LogP) is 3.46. The first-order valence-corrected chi connectivity index (χ1v) is 10.2. The molecule has 29 heavy (non-hydrogen) atoms. The van der Waals surface area contributed by atoms with Crippen LogP contribution in [0.25, 0.3) is 11.1 Å². The summed E-state index contributed by atoms with van der Waals surface area (Å²) in [5, 5.41) is 12.0. The molecular weight excluding hydrogens is 368 g/mol. The van der Waals surface area contributed by atoms with Crippen LogP contribution in [0.15, 0.2) is 48.5 Å². The van der Waals surface area contributed by atoms with Crippen LogP contribution in [0, 0.1) is 0 Å². The van der Waals surface area contributed by atoms with Crippen molar-refractivity contribution in [2.75, 3.05) is 26.2 Å². The van der Waals surface area contributed by atoms with Crippen LogP contribution in [0.5, 0.6) is 0 Å². The highest BCUT2D eigenvalue weighted by Crippen LogP contribution is 2.44. The van der Waals surface area contributed by atoms with Crippen LogP contribution in [0.2, 0.25) is 0 Å². The molecule has 2 aliphatic rings. The molecule has 2 aromatic rings. The summed E-state index contributed by atoms with van der Waals surface area (Å²) in [6.45, 7) is 2.22. The third kappa shape index (κ3) is 4.27. The number of carbonyl (C=O) groups is 2. The van der Waals surface area contributed by atoms with Crippen molar-refractivity contribution in [3.63, 3.8) is 0 Å². The zero-order valence-corrected chi connectivity index (χ0v) is 16.3. The summed E-state index contributed by atoms with van der Waals surface area (Å²) in [5.74, 6) is -1.08. The number of fused-ring (bicyclic) bond motifs is 3. The molecule has 0 saturated carbocycles. The Hall–Kier alpha value is -2.86. The van der Waals surface area contributed by atoms with Gasteiger partial charge in [0.25, 0.3) is 0 Å². The highest BCUT2D eigenvalue weighted by Gasteiger charge is 2.30. The minimum Gasteiger partial charge on any atom is -0.480 e. The van der Waals surface area contributed by atoms with Crippen molar-refractivity contribution >= 4 is 12.1 Å². The van der Waals surface area contributed by atoms with E-state index in [0.717, 1.165) is 48.2 Å². The quantitative estimate of drug-likeness (QED) is 0.784. The molecule has 1 heterocycles. The van der Waals surface area contributed by atoms with Crippen molar-refractivity contribution in [2.24, 2.45) is 0 Å². The highest BCUT2D eigenvalue weighted by atomic mass is 16.5. The lowest BCUT2D eigenvalue weighted by Crippen LogP contribution is -2.49. The van der Waals surface area contributed by atoms with Crippen LogP contribution < -0.4 is 5.32 Å². The fourth-order valence-corrected chi connectivity index (χ4v) is 4.37. The SMILES string of the molecule is O=C(NC(CN1CCCCC1)C(=O)O)OCC1c2ccccc2-c2ccccc21. The lowest BCUT2D eigenvalue weighted by atomic mass is 9.98. The Morgan fingerprint density at radius 1 is 1.00 bits per heavy atom. The number of alkyl carbamates (subject to hydrolysis) is 1. The molecule has 6 nitrogen and oxygen atoms in total. The number of hydrogen-bond acceptors (Lipinski definition) is 4. The first kappa shape index (κ1) is 19.5. The molecule has 6 heteroatoms. The number of hydrogen-bond donors (Lipinski definition) is 2. The number of ether oxygens (including phenoxy) is 1. The highest BCUT2D eigenvalue weighted by molar-refractivity contribution is 5.81. The summed E-state index contributed by atoms with van der Waals surface area (Å²) in [5.41, 5.74) is 4.57. The molecule has 2 aromatic carbocycles. The van der Waals surface area contributed by atoms with Gasteiger partial charge >= 0.3 is 12.1 Å². The zero-order chi connectivity index (χ0) is 20.2. The van der Waals surface area contributed by atoms with E-state index >= 15 is 0 Å². The summed E-state index contributed by atoms with van der Waals surface area (Å²) in [6, 6.07) is 15.3. The van der Waals surface area contributed by atoms with E-state index in [-0.39, 0.29) is 12.5 Å². The summed E-state index contributed by atoms with van der Waals surface area (Å²) >= 11 is 0. The number of rotatable bonds is 6. The molecule has 4 rings (SSSR count). The van der Waals surface area contributed by atoms with Crippen LogP contribution in [0.1, 0.15) is 36.3 Å². The summed E-state index contributed by atoms with van der Waals surface area (Å²) < 4.78 is 5.48. The van der Waals surface area contributed by atoms with Crippen molar-refractivity contribution in [3.8, 4) is 11.1 Å². The van der Waals surface area contributed by atoms with E-state index in [9.17, 15) is 14.7 Å². The van der Waals surface area contributed by atoms with Crippen molar-refractivity contribution in [1.29, 1.82) is 0 Å². The maximum atomic E-state index is 12.4. The molecule has 1 amide bonds. The molecule has 1 fully saturated rings. The van der Waals surface area contributed by atoms with Gasteiger partial charge in [0.1, 0.15) is 12.6 Å². The summed E-state index contributed by atoms with van der Waals surface area (Å²) in [7, 11) is 0. The second-order valence-corrected chi connectivity index (χ2v) is 7.72. The largest absolute Gasteiger partial charge is 0.480 e. The van der Waals surface area contributed by atoms with Crippen molar-refractivity contribution in [2.45, 2.75) is 31.2 Å². The van der Waals surface area contributed by atoms with Gasteiger partial charge in [-0.05, 0) is 48.2 Å². The fourth-order valence-electron chi connectivity index (χ4n) is 4.37. The molecule has 0 bridgehead atoms. The van der Waals surface area contributed by atoms with E-state index in [1.165, 1.54) is 6.42 Å². The maximum absolute atomic E-state index is 12.4. The molecule has 1 atom stereocenters. The Labute approximate surface area is 170 Å². The van der Waals surface area contributed by atoms with Gasteiger partial charge in [0.15, 0.2) is 0 Å². The van der Waals surface area contributed by atoms with Gasteiger partial charge in [-0.15, -0.1) is 0 Å². The van der Waals surface area contributed by atoms with Gasteiger partial charge in [0, 0.05) is 12.5 Å². The number of carboxylic acid groups (broad SMARTS) is 1. The number of amides is 1. The number of aliphatic carboxylic acids is 1. The molecule has 2 N–H and O–H groups in total. The number of likely N-dealkylation sites (tertiary alicyclic amines) is 1. The lowest BCUT2D eigenvalue weighted by molar-refractivity contribution is -0.139. The van der Waals surface area contributed by atoms with E-state index in [1.54, 1.807) is 0 Å². The van der Waals surface area contributed by atoms with Crippen molar-refractivity contribution in [3.05, 3.63) is 59.7 Å². The normalized spacial score (nSPS) is 17.2. The minimum atomic E-state index is -1.04. The molecule has 1 aliphatic heterocycles. The second-order valence-electron chi connectivity index (χ2n) is 7.72. The Kier molecular flexibility index (Phi) is 5.81. The standard InChI is InChI=1S/C23H26N2O4/c26-22(27)21(14-25-12-6-1-7-13-25)24-23(28)29-15-20-18-10-4-2-8-16(18)17-9-3-5-11-19(17)20/h2-5,8-11,20-21H,1,6-7,12-15H2,(H,24,28)(H,26,27). The lowest BCUT2D eigenvalue weighted by Gasteiger charge is -2.29. The molecule has 1 unspecified atom stereocenters. The molecule has 1 saturated heterocycles. The Bertz CT molecular complexity index is 846. The topological polar surface area (TPSA) is 78.9 Å². The number of benzene rings is 2. The second kappa shape index (κ2) is 8.66. The van der Waals surface area contributed by atoms with Crippen LogP contribution in [-0.4, -0.2) is 54.4 Å². The predicted molar refractivity (Wildman–Crippen MR) is 110 cm³/mol. The average Bonchev–Trinajstić information content (AvgIpc) is 3.06. The number of nitrogens with zero attached hydrogens (tertiary/aromatic N) is 1. The van der Waals surface area contributed by atoms with Crippen LogP contribution in [0.3, 0.4) is 0 Å². The van der Waals surface area contributed by atoms with Crippen molar-refractivity contribution < 1.29 is 19.4 Å². The van der Waals surface area contributed by atoms with Crippen LogP contribution in [-0.2, 0) is 9.53 Å². The van der Waals surface area contributed by atoms with Gasteiger partial charge in [0.2, 0.25) is 0 Å². The van der Waals surface area contributed by atoms with Crippen LogP contribution >= 0.6 is 0 Å². The zero-order valence-electron chi connectivity index (χ0n) is 16.3. The van der Waals surface area contributed by atoms with Gasteiger partial charge in [-0.1, -0.05) is 55.0 Å². The van der Waals surface area contributed by atoms with E-state index in [2.05, 4.69) is 34.5 Å². The first-order chi connectivity index (χ1) is 14.1. The molecule has 1 aliphatic carbocycles. The third-order valence-electron chi connectivity index (χ3n) is 5.82. The van der Waals surface area contributed by atoms with Gasteiger partial charge in [-0.2, -0.15) is 0 Å². The molecule has 0 spiro atoms. The van der Waals surface area contributed by atoms with E-state index in [1.807, 2.05) is 24.3 Å². The van der Waals surface area contributed by atoms with E-state index in [4.69, 9.17) is 4.74 Å².